The first kappa shape index (κ1) is 13.8. The molecule has 0 spiro atoms. The van der Waals surface area contributed by atoms with Crippen LogP contribution in [0.1, 0.15) is 10.4 Å². The van der Waals surface area contributed by atoms with Crippen molar-refractivity contribution in [3.8, 4) is 11.4 Å². The summed E-state index contributed by atoms with van der Waals surface area (Å²) in [5, 5.41) is 2.65. The summed E-state index contributed by atoms with van der Waals surface area (Å²) in [6, 6.07) is 8.93. The van der Waals surface area contributed by atoms with E-state index in [1.54, 1.807) is 18.5 Å². The Kier molecular flexibility index (Phi) is 3.82. The molecular formula is C16H11FN4O. The molecule has 2 aromatic heterocycles. The fraction of sp³-hybridized carbons (Fsp3) is 0. The smallest absolute Gasteiger partial charge is 0.255 e. The molecule has 3 rings (SSSR count). The maximum atomic E-state index is 12.8. The van der Waals surface area contributed by atoms with Crippen LogP contribution in [0.2, 0.25) is 0 Å². The molecule has 3 aromatic rings. The Morgan fingerprint density at radius 1 is 1.00 bits per heavy atom. The van der Waals surface area contributed by atoms with E-state index < -0.39 is 0 Å². The molecule has 0 radical (unpaired) electrons. The van der Waals surface area contributed by atoms with Crippen LogP contribution in [-0.4, -0.2) is 20.9 Å². The molecule has 2 heterocycles. The van der Waals surface area contributed by atoms with Crippen molar-refractivity contribution in [1.82, 2.24) is 15.0 Å². The molecular weight excluding hydrogens is 283 g/mol. The molecule has 0 aliphatic carbocycles. The van der Waals surface area contributed by atoms with E-state index >= 15 is 0 Å². The van der Waals surface area contributed by atoms with Crippen LogP contribution in [0.4, 0.5) is 10.1 Å². The largest absolute Gasteiger partial charge is 0.319 e. The molecule has 1 aromatic carbocycles. The van der Waals surface area contributed by atoms with Crippen molar-refractivity contribution >= 4 is 11.6 Å². The van der Waals surface area contributed by atoms with Gasteiger partial charge in [-0.1, -0.05) is 0 Å². The van der Waals surface area contributed by atoms with E-state index in [-0.39, 0.29) is 11.7 Å². The number of nitrogens with zero attached hydrogens (tertiary/aromatic N) is 3. The number of hydrogen-bond acceptors (Lipinski definition) is 4. The first-order valence-electron chi connectivity index (χ1n) is 6.52. The zero-order valence-corrected chi connectivity index (χ0v) is 11.4. The summed E-state index contributed by atoms with van der Waals surface area (Å²) in [5.74, 6) is -0.216. The number of anilines is 1. The number of halogens is 1. The van der Waals surface area contributed by atoms with E-state index in [0.29, 0.717) is 17.1 Å². The molecule has 0 fully saturated rings. The van der Waals surface area contributed by atoms with Crippen LogP contribution in [0.3, 0.4) is 0 Å². The molecule has 0 aliphatic rings. The van der Waals surface area contributed by atoms with Gasteiger partial charge in [-0.25, -0.2) is 14.4 Å². The lowest BCUT2D eigenvalue weighted by atomic mass is 10.2. The molecule has 0 bridgehead atoms. The van der Waals surface area contributed by atoms with Crippen LogP contribution in [0, 0.1) is 5.82 Å². The zero-order valence-electron chi connectivity index (χ0n) is 11.4. The Balaban J connectivity index is 1.73. The van der Waals surface area contributed by atoms with Gasteiger partial charge in [-0.2, -0.15) is 0 Å². The van der Waals surface area contributed by atoms with Gasteiger partial charge in [-0.3, -0.25) is 9.78 Å². The Morgan fingerprint density at radius 3 is 2.36 bits per heavy atom. The lowest BCUT2D eigenvalue weighted by molar-refractivity contribution is 0.102. The predicted octanol–water partition coefficient (Wildman–Crippen LogP) is 2.93. The maximum Gasteiger partial charge on any atom is 0.255 e. The summed E-state index contributed by atoms with van der Waals surface area (Å²) in [6.07, 6.45) is 6.35. The summed E-state index contributed by atoms with van der Waals surface area (Å²) in [4.78, 5) is 24.3. The number of pyridine rings is 1. The summed E-state index contributed by atoms with van der Waals surface area (Å²) in [6.45, 7) is 0. The molecule has 0 unspecified atom stereocenters. The second-order valence-corrected chi connectivity index (χ2v) is 4.50. The van der Waals surface area contributed by atoms with Crippen molar-refractivity contribution in [2.45, 2.75) is 0 Å². The number of carbonyl (C=O) groups is 1. The topological polar surface area (TPSA) is 67.8 Å². The van der Waals surface area contributed by atoms with Gasteiger partial charge in [0.05, 0.1) is 18.1 Å². The van der Waals surface area contributed by atoms with Crippen molar-refractivity contribution < 1.29 is 9.18 Å². The van der Waals surface area contributed by atoms with Crippen molar-refractivity contribution in [2.75, 3.05) is 5.32 Å². The predicted molar refractivity (Wildman–Crippen MR) is 79.6 cm³/mol. The van der Waals surface area contributed by atoms with Gasteiger partial charge in [0.25, 0.3) is 5.91 Å². The lowest BCUT2D eigenvalue weighted by Gasteiger charge is -2.05. The summed E-state index contributed by atoms with van der Waals surface area (Å²) >= 11 is 0. The van der Waals surface area contributed by atoms with E-state index in [4.69, 9.17) is 0 Å². The molecule has 1 amide bonds. The number of hydrogen-bond donors (Lipinski definition) is 1. The normalized spacial score (nSPS) is 10.2. The number of amides is 1. The number of rotatable bonds is 3. The molecule has 0 saturated carbocycles. The van der Waals surface area contributed by atoms with E-state index in [9.17, 15) is 9.18 Å². The Bertz CT molecular complexity index is 774. The Hall–Kier alpha value is -3.15. The van der Waals surface area contributed by atoms with Gasteiger partial charge in [-0.05, 0) is 36.4 Å². The zero-order chi connectivity index (χ0) is 15.4. The summed E-state index contributed by atoms with van der Waals surface area (Å²) in [5.41, 5.74) is 1.61. The molecule has 5 nitrogen and oxygen atoms in total. The quantitative estimate of drug-likeness (QED) is 0.806. The molecule has 0 atom stereocenters. The van der Waals surface area contributed by atoms with Crippen molar-refractivity contribution in [1.29, 1.82) is 0 Å². The van der Waals surface area contributed by atoms with Crippen molar-refractivity contribution in [3.05, 3.63) is 72.6 Å². The average molecular weight is 294 g/mol. The van der Waals surface area contributed by atoms with Crippen molar-refractivity contribution in [2.24, 2.45) is 0 Å². The highest BCUT2D eigenvalue weighted by molar-refractivity contribution is 6.04. The molecule has 0 saturated heterocycles. The van der Waals surface area contributed by atoms with Gasteiger partial charge in [0.15, 0.2) is 5.82 Å². The van der Waals surface area contributed by atoms with Gasteiger partial charge in [0.2, 0.25) is 0 Å². The number of nitrogens with one attached hydrogen (secondary N) is 1. The standard InChI is InChI=1S/C16H11FN4O/c17-13-5-3-11(4-6-13)16(22)21-14-9-19-15(20-10-14)12-2-1-7-18-8-12/h1-10H,(H,21,22). The fourth-order valence-electron chi connectivity index (χ4n) is 1.84. The van der Waals surface area contributed by atoms with E-state index in [2.05, 4.69) is 20.3 Å². The SMILES string of the molecule is O=C(Nc1cnc(-c2cccnc2)nc1)c1ccc(F)cc1. The van der Waals surface area contributed by atoms with Crippen LogP contribution in [0.5, 0.6) is 0 Å². The van der Waals surface area contributed by atoms with Crippen LogP contribution in [0.25, 0.3) is 11.4 Å². The molecule has 1 N–H and O–H groups in total. The van der Waals surface area contributed by atoms with Crippen molar-refractivity contribution in [3.63, 3.8) is 0 Å². The van der Waals surface area contributed by atoms with Gasteiger partial charge >= 0.3 is 0 Å². The third-order valence-electron chi connectivity index (χ3n) is 2.94. The highest BCUT2D eigenvalue weighted by atomic mass is 19.1. The van der Waals surface area contributed by atoms with Gasteiger partial charge in [0.1, 0.15) is 5.82 Å². The van der Waals surface area contributed by atoms with E-state index in [1.165, 1.54) is 36.7 Å². The van der Waals surface area contributed by atoms with Crippen LogP contribution >= 0.6 is 0 Å². The Labute approximate surface area is 125 Å². The highest BCUT2D eigenvalue weighted by Crippen LogP contribution is 2.14. The monoisotopic (exact) mass is 294 g/mol. The van der Waals surface area contributed by atoms with Crippen LogP contribution < -0.4 is 5.32 Å². The fourth-order valence-corrected chi connectivity index (χ4v) is 1.84. The van der Waals surface area contributed by atoms with Gasteiger partial charge < -0.3 is 5.32 Å². The minimum atomic E-state index is -0.388. The third kappa shape index (κ3) is 3.12. The van der Waals surface area contributed by atoms with Gasteiger partial charge in [0, 0.05) is 23.5 Å². The number of carbonyl (C=O) groups excluding carboxylic acids is 1. The van der Waals surface area contributed by atoms with Crippen LogP contribution in [0.15, 0.2) is 61.2 Å². The molecule has 0 aliphatic heterocycles. The second-order valence-electron chi connectivity index (χ2n) is 4.50. The summed E-state index contributed by atoms with van der Waals surface area (Å²) < 4.78 is 12.8. The highest BCUT2D eigenvalue weighted by Gasteiger charge is 2.07. The third-order valence-corrected chi connectivity index (χ3v) is 2.94. The van der Waals surface area contributed by atoms with Crippen LogP contribution in [-0.2, 0) is 0 Å². The maximum absolute atomic E-state index is 12.8. The first-order chi connectivity index (χ1) is 10.7. The van der Waals surface area contributed by atoms with E-state index in [0.717, 1.165) is 5.56 Å². The first-order valence-corrected chi connectivity index (χ1v) is 6.52. The second kappa shape index (κ2) is 6.09. The minimum absolute atomic E-state index is 0.349. The minimum Gasteiger partial charge on any atom is -0.319 e. The number of benzene rings is 1. The Morgan fingerprint density at radius 2 is 1.73 bits per heavy atom. The molecule has 6 heteroatoms. The lowest BCUT2D eigenvalue weighted by Crippen LogP contribution is -2.12. The summed E-state index contributed by atoms with van der Waals surface area (Å²) in [7, 11) is 0. The van der Waals surface area contributed by atoms with Gasteiger partial charge in [-0.15, -0.1) is 0 Å². The number of aromatic nitrogens is 3. The molecule has 22 heavy (non-hydrogen) atoms. The average Bonchev–Trinajstić information content (AvgIpc) is 2.57. The molecule has 108 valence electrons. The van der Waals surface area contributed by atoms with E-state index in [1.807, 2.05) is 6.07 Å².